The van der Waals surface area contributed by atoms with Gasteiger partial charge in [0.05, 0.1) is 16.9 Å². The Bertz CT molecular complexity index is 413. The van der Waals surface area contributed by atoms with Crippen LogP contribution in [0.15, 0.2) is 24.3 Å². The van der Waals surface area contributed by atoms with Gasteiger partial charge in [0.15, 0.2) is 0 Å². The van der Waals surface area contributed by atoms with Crippen molar-refractivity contribution in [1.82, 2.24) is 5.32 Å². The zero-order valence-electron chi connectivity index (χ0n) is 11.9. The minimum absolute atomic E-state index is 0.0290. The molecule has 0 aliphatic carbocycles. The van der Waals surface area contributed by atoms with Crippen molar-refractivity contribution < 1.29 is 4.79 Å². The normalized spacial score (nSPS) is 11.2. The van der Waals surface area contributed by atoms with Gasteiger partial charge in [0.1, 0.15) is 0 Å². The molecular formula is C14H23N3O. The lowest BCUT2D eigenvalue weighted by Crippen LogP contribution is -2.49. The molecule has 0 atom stereocenters. The maximum absolute atomic E-state index is 12.2. The third kappa shape index (κ3) is 3.47. The number of carbonyl (C=O) groups excluding carboxylic acids is 1. The van der Waals surface area contributed by atoms with Crippen LogP contribution in [0.5, 0.6) is 0 Å². The molecule has 0 aliphatic heterocycles. The average molecular weight is 249 g/mol. The molecule has 1 rings (SSSR count). The first-order chi connectivity index (χ1) is 8.38. The number of anilines is 2. The number of amides is 1. The average Bonchev–Trinajstić information content (AvgIpc) is 2.29. The Balaban J connectivity index is 2.88. The lowest BCUT2D eigenvalue weighted by Gasteiger charge is -2.26. The summed E-state index contributed by atoms with van der Waals surface area (Å²) >= 11 is 0. The van der Waals surface area contributed by atoms with Gasteiger partial charge in [0, 0.05) is 14.1 Å². The highest BCUT2D eigenvalue weighted by atomic mass is 16.2. The zero-order valence-corrected chi connectivity index (χ0v) is 11.9. The molecule has 18 heavy (non-hydrogen) atoms. The smallest absolute Gasteiger partial charge is 0.244 e. The van der Waals surface area contributed by atoms with Crippen LogP contribution in [-0.4, -0.2) is 32.1 Å². The predicted octanol–water partition coefficient (Wildman–Crippen LogP) is 2.08. The Labute approximate surface area is 109 Å². The maximum atomic E-state index is 12.2. The predicted molar refractivity (Wildman–Crippen MR) is 77.2 cm³/mol. The summed E-state index contributed by atoms with van der Waals surface area (Å²) in [4.78, 5) is 14.2. The molecular weight excluding hydrogens is 226 g/mol. The van der Waals surface area contributed by atoms with Gasteiger partial charge in [-0.3, -0.25) is 4.79 Å². The van der Waals surface area contributed by atoms with Gasteiger partial charge >= 0.3 is 0 Å². The quantitative estimate of drug-likeness (QED) is 0.839. The second kappa shape index (κ2) is 5.87. The summed E-state index contributed by atoms with van der Waals surface area (Å²) in [5, 5.41) is 6.14. The molecule has 0 spiro atoms. The third-order valence-corrected chi connectivity index (χ3v) is 2.82. The minimum Gasteiger partial charge on any atom is -0.376 e. The Kier molecular flexibility index (Phi) is 4.73. The van der Waals surface area contributed by atoms with Gasteiger partial charge in [0.2, 0.25) is 5.91 Å². The zero-order chi connectivity index (χ0) is 13.8. The van der Waals surface area contributed by atoms with Crippen LogP contribution in [0, 0.1) is 0 Å². The fourth-order valence-electron chi connectivity index (χ4n) is 1.77. The molecule has 100 valence electrons. The van der Waals surface area contributed by atoms with Crippen LogP contribution in [0.25, 0.3) is 0 Å². The summed E-state index contributed by atoms with van der Waals surface area (Å²) < 4.78 is 0. The highest BCUT2D eigenvalue weighted by Crippen LogP contribution is 2.24. The molecule has 0 saturated heterocycles. The summed E-state index contributed by atoms with van der Waals surface area (Å²) in [6.45, 7) is 6.51. The lowest BCUT2D eigenvalue weighted by molar-refractivity contribution is -0.121. The number of rotatable bonds is 5. The number of hydrogen-bond donors (Lipinski definition) is 2. The number of carbonyl (C=O) groups is 1. The van der Waals surface area contributed by atoms with Crippen molar-refractivity contribution in [2.24, 2.45) is 0 Å². The first kappa shape index (κ1) is 14.5. The largest absolute Gasteiger partial charge is 0.376 e. The molecule has 1 amide bonds. The van der Waals surface area contributed by atoms with Gasteiger partial charge in [-0.25, -0.2) is 0 Å². The second-order valence-corrected chi connectivity index (χ2v) is 5.02. The summed E-state index contributed by atoms with van der Waals surface area (Å²) in [6, 6.07) is 7.77. The van der Waals surface area contributed by atoms with E-state index in [2.05, 4.69) is 10.6 Å². The summed E-state index contributed by atoms with van der Waals surface area (Å²) in [7, 11) is 3.92. The van der Waals surface area contributed by atoms with Crippen molar-refractivity contribution in [2.75, 3.05) is 30.9 Å². The van der Waals surface area contributed by atoms with Crippen molar-refractivity contribution >= 4 is 17.3 Å². The van der Waals surface area contributed by atoms with Crippen LogP contribution in [-0.2, 0) is 4.79 Å². The highest BCUT2D eigenvalue weighted by Gasteiger charge is 2.26. The molecule has 2 N–H and O–H groups in total. The molecule has 0 fully saturated rings. The van der Waals surface area contributed by atoms with Crippen molar-refractivity contribution in [3.05, 3.63) is 24.3 Å². The summed E-state index contributed by atoms with van der Waals surface area (Å²) in [6.07, 6.45) is 0. The molecule has 0 aromatic heterocycles. The fraction of sp³-hybridized carbons (Fsp3) is 0.500. The van der Waals surface area contributed by atoms with Gasteiger partial charge in [-0.05, 0) is 32.5 Å². The number of likely N-dealkylation sites (N-methyl/N-ethyl adjacent to an activating group) is 1. The molecule has 0 bridgehead atoms. The molecule has 0 radical (unpaired) electrons. The fourth-order valence-corrected chi connectivity index (χ4v) is 1.77. The van der Waals surface area contributed by atoms with Gasteiger partial charge in [-0.1, -0.05) is 19.1 Å². The Hall–Kier alpha value is -1.55. The van der Waals surface area contributed by atoms with Crippen molar-refractivity contribution in [3.63, 3.8) is 0 Å². The topological polar surface area (TPSA) is 44.4 Å². The summed E-state index contributed by atoms with van der Waals surface area (Å²) in [5.41, 5.74) is 1.25. The van der Waals surface area contributed by atoms with Crippen LogP contribution in [0.4, 0.5) is 11.4 Å². The van der Waals surface area contributed by atoms with E-state index in [0.717, 1.165) is 17.9 Å². The van der Waals surface area contributed by atoms with Crippen molar-refractivity contribution in [3.8, 4) is 0 Å². The van der Waals surface area contributed by atoms with Crippen molar-refractivity contribution in [1.29, 1.82) is 0 Å². The molecule has 1 aromatic carbocycles. The van der Waals surface area contributed by atoms with Crippen LogP contribution < -0.4 is 15.5 Å². The van der Waals surface area contributed by atoms with Crippen LogP contribution in [0.2, 0.25) is 0 Å². The molecule has 4 heteroatoms. The van der Waals surface area contributed by atoms with Gasteiger partial charge < -0.3 is 15.5 Å². The molecule has 1 aromatic rings. The number of para-hydroxylation sites is 2. The van der Waals surface area contributed by atoms with E-state index >= 15 is 0 Å². The molecule has 0 heterocycles. The molecule has 0 saturated carbocycles. The van der Waals surface area contributed by atoms with E-state index < -0.39 is 5.54 Å². The minimum atomic E-state index is -0.575. The highest BCUT2D eigenvalue weighted by molar-refractivity contribution is 5.99. The number of nitrogens with zero attached hydrogens (tertiary/aromatic N) is 1. The first-order valence-corrected chi connectivity index (χ1v) is 6.21. The SMILES string of the molecule is CCNC(C)(C)C(=O)Nc1ccccc1N(C)C. The maximum Gasteiger partial charge on any atom is 0.244 e. The Morgan fingerprint density at radius 1 is 1.28 bits per heavy atom. The number of hydrogen-bond acceptors (Lipinski definition) is 3. The van der Waals surface area contributed by atoms with Gasteiger partial charge in [0.25, 0.3) is 0 Å². The van der Waals surface area contributed by atoms with E-state index in [0.29, 0.717) is 0 Å². The van der Waals surface area contributed by atoms with E-state index in [9.17, 15) is 4.79 Å². The van der Waals surface area contributed by atoms with Crippen LogP contribution in [0.1, 0.15) is 20.8 Å². The number of benzene rings is 1. The third-order valence-electron chi connectivity index (χ3n) is 2.82. The Morgan fingerprint density at radius 3 is 2.44 bits per heavy atom. The Morgan fingerprint density at radius 2 is 1.89 bits per heavy atom. The van der Waals surface area contributed by atoms with E-state index in [4.69, 9.17) is 0 Å². The van der Waals surface area contributed by atoms with Gasteiger partial charge in [-0.15, -0.1) is 0 Å². The van der Waals surface area contributed by atoms with Crippen LogP contribution >= 0.6 is 0 Å². The van der Waals surface area contributed by atoms with E-state index in [-0.39, 0.29) is 5.91 Å². The first-order valence-electron chi connectivity index (χ1n) is 6.21. The summed E-state index contributed by atoms with van der Waals surface area (Å²) in [5.74, 6) is -0.0290. The molecule has 0 aliphatic rings. The lowest BCUT2D eigenvalue weighted by atomic mass is 10.0. The van der Waals surface area contributed by atoms with Crippen LogP contribution in [0.3, 0.4) is 0 Å². The van der Waals surface area contributed by atoms with Crippen molar-refractivity contribution in [2.45, 2.75) is 26.3 Å². The molecule has 4 nitrogen and oxygen atoms in total. The number of nitrogens with one attached hydrogen (secondary N) is 2. The standard InChI is InChI=1S/C14H23N3O/c1-6-15-14(2,3)13(18)16-11-9-7-8-10-12(11)17(4)5/h7-10,15H,6H2,1-5H3,(H,16,18). The van der Waals surface area contributed by atoms with E-state index in [1.54, 1.807) is 0 Å². The van der Waals surface area contributed by atoms with E-state index in [1.807, 2.05) is 64.0 Å². The van der Waals surface area contributed by atoms with Gasteiger partial charge in [-0.2, -0.15) is 0 Å². The monoisotopic (exact) mass is 249 g/mol. The second-order valence-electron chi connectivity index (χ2n) is 5.02. The van der Waals surface area contributed by atoms with E-state index in [1.165, 1.54) is 0 Å². The molecule has 0 unspecified atom stereocenters.